The first-order valence-electron chi connectivity index (χ1n) is 6.90. The molecular formula is C14H20NO8. The first kappa shape index (κ1) is 18.9. The lowest BCUT2D eigenvalue weighted by molar-refractivity contribution is -0.270. The molecular weight excluding hydrogens is 310 g/mol. The second-order valence-corrected chi connectivity index (χ2v) is 5.13. The standard InChI is InChI=1S/C14H20NO8/c1-6-12(21-7(2)16)13(22-8(3)17)10(5-11(15)19)14(20-6)23-9(4)18/h6,10,12-14H,1,5H2,2-4H3,(H2,15,19)/t6-,10-,12-,13-,14?/m1/s1. The molecule has 1 saturated heterocycles. The number of primary amides is 1. The third-order valence-corrected chi connectivity index (χ3v) is 3.09. The number of carbonyl (C=O) groups is 4. The first-order chi connectivity index (χ1) is 10.6. The summed E-state index contributed by atoms with van der Waals surface area (Å²) >= 11 is 0. The van der Waals surface area contributed by atoms with Crippen molar-refractivity contribution in [3.05, 3.63) is 6.92 Å². The lowest BCUT2D eigenvalue weighted by atomic mass is 9.88. The van der Waals surface area contributed by atoms with Gasteiger partial charge < -0.3 is 24.7 Å². The van der Waals surface area contributed by atoms with Crippen molar-refractivity contribution in [1.29, 1.82) is 0 Å². The molecule has 0 saturated carbocycles. The average molecular weight is 330 g/mol. The molecule has 0 spiro atoms. The van der Waals surface area contributed by atoms with Gasteiger partial charge in [0.25, 0.3) is 0 Å². The number of rotatable bonds is 5. The molecule has 0 aromatic heterocycles. The van der Waals surface area contributed by atoms with Gasteiger partial charge in [-0.3, -0.25) is 19.2 Å². The molecule has 1 heterocycles. The highest BCUT2D eigenvalue weighted by Crippen LogP contribution is 2.33. The molecule has 129 valence electrons. The minimum Gasteiger partial charge on any atom is -0.458 e. The van der Waals surface area contributed by atoms with E-state index < -0.39 is 54.3 Å². The van der Waals surface area contributed by atoms with Crippen LogP contribution in [0.15, 0.2) is 0 Å². The van der Waals surface area contributed by atoms with Gasteiger partial charge in [0, 0.05) is 27.2 Å². The van der Waals surface area contributed by atoms with E-state index in [4.69, 9.17) is 24.7 Å². The lowest BCUT2D eigenvalue weighted by Gasteiger charge is -2.43. The Morgan fingerprint density at radius 1 is 0.957 bits per heavy atom. The summed E-state index contributed by atoms with van der Waals surface area (Å²) in [6, 6.07) is 0. The molecule has 1 rings (SSSR count). The molecule has 1 fully saturated rings. The van der Waals surface area contributed by atoms with Gasteiger partial charge in [-0.2, -0.15) is 0 Å². The van der Waals surface area contributed by atoms with Gasteiger partial charge >= 0.3 is 17.9 Å². The topological polar surface area (TPSA) is 131 Å². The summed E-state index contributed by atoms with van der Waals surface area (Å²) in [6.45, 7) is 7.14. The minimum absolute atomic E-state index is 0.305. The normalized spacial score (nSPS) is 30.2. The van der Waals surface area contributed by atoms with Crippen molar-refractivity contribution in [1.82, 2.24) is 0 Å². The summed E-state index contributed by atoms with van der Waals surface area (Å²) in [6.07, 6.45) is -4.65. The maximum Gasteiger partial charge on any atom is 0.304 e. The van der Waals surface area contributed by atoms with E-state index in [2.05, 4.69) is 6.92 Å². The Hall–Kier alpha value is -2.16. The maximum atomic E-state index is 11.4. The summed E-state index contributed by atoms with van der Waals surface area (Å²) in [5, 5.41) is 0. The van der Waals surface area contributed by atoms with Crippen molar-refractivity contribution in [3.8, 4) is 0 Å². The molecule has 0 aromatic rings. The summed E-state index contributed by atoms with van der Waals surface area (Å²) in [5.41, 5.74) is 5.19. The smallest absolute Gasteiger partial charge is 0.304 e. The number of amides is 1. The lowest BCUT2D eigenvalue weighted by Crippen LogP contribution is -2.58. The predicted octanol–water partition coefficient (Wildman–Crippen LogP) is -0.537. The molecule has 1 amide bonds. The van der Waals surface area contributed by atoms with Crippen LogP contribution in [0.3, 0.4) is 0 Å². The molecule has 0 aromatic carbocycles. The molecule has 1 radical (unpaired) electrons. The van der Waals surface area contributed by atoms with Crippen LogP contribution in [0.1, 0.15) is 27.2 Å². The highest BCUT2D eigenvalue weighted by atomic mass is 16.7. The van der Waals surface area contributed by atoms with Crippen LogP contribution in [0.25, 0.3) is 0 Å². The fourth-order valence-corrected chi connectivity index (χ4v) is 2.36. The third-order valence-electron chi connectivity index (χ3n) is 3.09. The van der Waals surface area contributed by atoms with Gasteiger partial charge in [0.1, 0.15) is 6.10 Å². The van der Waals surface area contributed by atoms with Crippen LogP contribution in [0.2, 0.25) is 0 Å². The van der Waals surface area contributed by atoms with Crippen molar-refractivity contribution in [2.24, 2.45) is 11.7 Å². The van der Waals surface area contributed by atoms with Crippen LogP contribution < -0.4 is 5.73 Å². The largest absolute Gasteiger partial charge is 0.458 e. The molecule has 0 bridgehead atoms. The van der Waals surface area contributed by atoms with Crippen molar-refractivity contribution < 1.29 is 38.1 Å². The highest BCUT2D eigenvalue weighted by molar-refractivity contribution is 5.74. The Kier molecular flexibility index (Phi) is 6.49. The van der Waals surface area contributed by atoms with E-state index in [1.165, 1.54) is 6.92 Å². The molecule has 0 aliphatic carbocycles. The van der Waals surface area contributed by atoms with Gasteiger partial charge in [-0.1, -0.05) is 0 Å². The number of hydrogen-bond acceptors (Lipinski definition) is 8. The zero-order valence-corrected chi connectivity index (χ0v) is 13.1. The van der Waals surface area contributed by atoms with Gasteiger partial charge in [0.05, 0.1) is 5.92 Å². The summed E-state index contributed by atoms with van der Waals surface area (Å²) in [7, 11) is 0. The molecule has 5 atom stereocenters. The minimum atomic E-state index is -1.21. The van der Waals surface area contributed by atoms with E-state index >= 15 is 0 Å². The van der Waals surface area contributed by atoms with Gasteiger partial charge in [-0.05, 0) is 6.92 Å². The number of nitrogens with two attached hydrogens (primary N) is 1. The number of hydrogen-bond donors (Lipinski definition) is 1. The summed E-state index contributed by atoms with van der Waals surface area (Å²) in [5.74, 6) is -3.63. The fourth-order valence-electron chi connectivity index (χ4n) is 2.36. The van der Waals surface area contributed by atoms with Crippen molar-refractivity contribution in [2.75, 3.05) is 0 Å². The molecule has 9 nitrogen and oxygen atoms in total. The Labute approximate surface area is 133 Å². The molecule has 1 aliphatic rings. The first-order valence-corrected chi connectivity index (χ1v) is 6.90. The Bertz CT molecular complexity index is 491. The van der Waals surface area contributed by atoms with Crippen molar-refractivity contribution in [2.45, 2.75) is 51.8 Å². The van der Waals surface area contributed by atoms with Crippen LogP contribution in [0, 0.1) is 12.8 Å². The number of carbonyl (C=O) groups excluding carboxylic acids is 4. The quantitative estimate of drug-likeness (QED) is 0.525. The second-order valence-electron chi connectivity index (χ2n) is 5.13. The van der Waals surface area contributed by atoms with Gasteiger partial charge in [0.15, 0.2) is 12.2 Å². The highest BCUT2D eigenvalue weighted by Gasteiger charge is 2.50. The van der Waals surface area contributed by atoms with Crippen LogP contribution in [0.4, 0.5) is 0 Å². The van der Waals surface area contributed by atoms with Crippen LogP contribution in [-0.2, 0) is 38.1 Å². The average Bonchev–Trinajstić information content (AvgIpc) is 2.36. The molecule has 9 heteroatoms. The van der Waals surface area contributed by atoms with E-state index in [9.17, 15) is 19.2 Å². The fraction of sp³-hybridized carbons (Fsp3) is 0.643. The predicted molar refractivity (Wildman–Crippen MR) is 74.2 cm³/mol. The van der Waals surface area contributed by atoms with Crippen LogP contribution in [-0.4, -0.2) is 48.4 Å². The molecule has 1 unspecified atom stereocenters. The summed E-state index contributed by atoms with van der Waals surface area (Å²) < 4.78 is 20.7. The number of ether oxygens (including phenoxy) is 4. The van der Waals surface area contributed by atoms with E-state index in [1.807, 2.05) is 0 Å². The van der Waals surface area contributed by atoms with Crippen LogP contribution >= 0.6 is 0 Å². The molecule has 2 N–H and O–H groups in total. The Morgan fingerprint density at radius 3 is 1.87 bits per heavy atom. The van der Waals surface area contributed by atoms with Gasteiger partial charge in [0.2, 0.25) is 12.2 Å². The van der Waals surface area contributed by atoms with E-state index in [0.29, 0.717) is 0 Å². The third kappa shape index (κ3) is 5.51. The van der Waals surface area contributed by atoms with Gasteiger partial charge in [-0.15, -0.1) is 0 Å². The monoisotopic (exact) mass is 330 g/mol. The summed E-state index contributed by atoms with van der Waals surface area (Å²) in [4.78, 5) is 45.1. The van der Waals surface area contributed by atoms with E-state index in [1.54, 1.807) is 0 Å². The maximum absolute atomic E-state index is 11.4. The zero-order chi connectivity index (χ0) is 17.7. The molecule has 1 aliphatic heterocycles. The second kappa shape index (κ2) is 7.91. The van der Waals surface area contributed by atoms with E-state index in [-0.39, 0.29) is 6.42 Å². The van der Waals surface area contributed by atoms with Gasteiger partial charge in [-0.25, -0.2) is 0 Å². The Balaban J connectivity index is 3.15. The molecule has 23 heavy (non-hydrogen) atoms. The van der Waals surface area contributed by atoms with Crippen molar-refractivity contribution >= 4 is 23.8 Å². The van der Waals surface area contributed by atoms with Crippen molar-refractivity contribution in [3.63, 3.8) is 0 Å². The SMILES string of the molecule is [CH2][C@H]1OC(OC(C)=O)[C@H](CC(N)=O)[C@@H](OC(C)=O)[C@@H]1OC(C)=O. The van der Waals surface area contributed by atoms with Crippen LogP contribution in [0.5, 0.6) is 0 Å². The Morgan fingerprint density at radius 2 is 1.43 bits per heavy atom. The number of esters is 3. The van der Waals surface area contributed by atoms with E-state index in [0.717, 1.165) is 13.8 Å². The zero-order valence-electron chi connectivity index (χ0n) is 13.1.